The van der Waals surface area contributed by atoms with Crippen LogP contribution in [0.5, 0.6) is 0 Å². The maximum Gasteiger partial charge on any atom is 0.0579 e. The minimum Gasteiger partial charge on any atom is -0.310 e. The standard InChI is InChI=1S/C51H51NSSi2/c1-50(2,3)36-25-29-40-35(32-36)24-31-45-48(40)44-30-28-39(33-46(44)51(45,54(4,5)6)55(7,8)9)52(37-16-11-10-12-17-37)38-26-22-34(23-27-38)41-19-15-20-43-42-18-13-14-21-47(42)53-49(41)43/h10-33H,1-9H3. The molecule has 274 valence electrons. The van der Waals surface area contributed by atoms with Crippen LogP contribution in [0.25, 0.3) is 53.2 Å². The summed E-state index contributed by atoms with van der Waals surface area (Å²) in [6.07, 6.45) is 0. The molecule has 0 saturated carbocycles. The molecule has 0 N–H and O–H groups in total. The molecular formula is C51H51NSSi2. The van der Waals surface area contributed by atoms with E-state index in [1.807, 2.05) is 11.3 Å². The van der Waals surface area contributed by atoms with Gasteiger partial charge in [-0.1, -0.05) is 163 Å². The Balaban J connectivity index is 1.23. The van der Waals surface area contributed by atoms with Crippen molar-refractivity contribution in [2.45, 2.75) is 70.1 Å². The first-order valence-corrected chi connectivity index (χ1v) is 27.6. The van der Waals surface area contributed by atoms with Gasteiger partial charge in [-0.25, -0.2) is 0 Å². The van der Waals surface area contributed by atoms with Crippen molar-refractivity contribution in [2.75, 3.05) is 4.90 Å². The van der Waals surface area contributed by atoms with E-state index in [-0.39, 0.29) is 10.1 Å². The van der Waals surface area contributed by atoms with Gasteiger partial charge in [-0.15, -0.1) is 11.3 Å². The van der Waals surface area contributed by atoms with Crippen molar-refractivity contribution in [2.24, 2.45) is 0 Å². The van der Waals surface area contributed by atoms with E-state index in [9.17, 15) is 0 Å². The molecule has 0 atom stereocenters. The summed E-state index contributed by atoms with van der Waals surface area (Å²) in [5.41, 5.74) is 13.6. The van der Waals surface area contributed by atoms with Gasteiger partial charge in [0.1, 0.15) is 0 Å². The second kappa shape index (κ2) is 12.6. The lowest BCUT2D eigenvalue weighted by Crippen LogP contribution is -2.63. The lowest BCUT2D eigenvalue weighted by atomic mass is 9.85. The Morgan fingerprint density at radius 2 is 1.16 bits per heavy atom. The third-order valence-electron chi connectivity index (χ3n) is 12.3. The molecule has 55 heavy (non-hydrogen) atoms. The Bertz CT molecular complexity index is 2740. The molecule has 0 fully saturated rings. The minimum absolute atomic E-state index is 0.0344. The van der Waals surface area contributed by atoms with Crippen LogP contribution in [0.4, 0.5) is 17.1 Å². The molecule has 7 aromatic carbocycles. The van der Waals surface area contributed by atoms with Gasteiger partial charge in [-0.05, 0) is 97.6 Å². The third-order valence-corrected chi connectivity index (χ3v) is 23.6. The number of anilines is 3. The lowest BCUT2D eigenvalue weighted by molar-refractivity contribution is 0.591. The molecule has 4 heteroatoms. The van der Waals surface area contributed by atoms with E-state index in [1.54, 1.807) is 11.1 Å². The van der Waals surface area contributed by atoms with Crippen LogP contribution >= 0.6 is 11.3 Å². The molecule has 1 aromatic heterocycles. The molecule has 0 spiro atoms. The number of hydrogen-bond acceptors (Lipinski definition) is 2. The molecule has 8 aromatic rings. The number of para-hydroxylation sites is 1. The highest BCUT2D eigenvalue weighted by Gasteiger charge is 2.59. The van der Waals surface area contributed by atoms with Gasteiger partial charge in [0.2, 0.25) is 0 Å². The summed E-state index contributed by atoms with van der Waals surface area (Å²) in [7, 11) is -3.79. The van der Waals surface area contributed by atoms with Crippen LogP contribution in [0.1, 0.15) is 37.5 Å². The zero-order valence-corrected chi connectivity index (χ0v) is 36.5. The average Bonchev–Trinajstić information content (AvgIpc) is 3.69. The smallest absolute Gasteiger partial charge is 0.0579 e. The molecular weight excluding hydrogens is 715 g/mol. The zero-order valence-electron chi connectivity index (χ0n) is 33.7. The van der Waals surface area contributed by atoms with E-state index in [4.69, 9.17) is 0 Å². The van der Waals surface area contributed by atoms with E-state index >= 15 is 0 Å². The predicted octanol–water partition coefficient (Wildman–Crippen LogP) is 15.7. The normalized spacial score (nSPS) is 14.1. The molecule has 1 heterocycles. The van der Waals surface area contributed by atoms with E-state index < -0.39 is 16.1 Å². The van der Waals surface area contributed by atoms with Gasteiger partial charge in [0, 0.05) is 41.9 Å². The second-order valence-electron chi connectivity index (χ2n) is 18.7. The highest BCUT2D eigenvalue weighted by molar-refractivity contribution is 7.26. The fourth-order valence-electron chi connectivity index (χ4n) is 10.3. The van der Waals surface area contributed by atoms with Crippen LogP contribution in [-0.4, -0.2) is 16.1 Å². The predicted molar refractivity (Wildman–Crippen MR) is 249 cm³/mol. The molecule has 1 aliphatic carbocycles. The van der Waals surface area contributed by atoms with E-state index in [0.717, 1.165) is 0 Å². The Labute approximate surface area is 333 Å². The first-order chi connectivity index (χ1) is 26.2. The Morgan fingerprint density at radius 3 is 1.87 bits per heavy atom. The van der Waals surface area contributed by atoms with Gasteiger partial charge >= 0.3 is 0 Å². The highest BCUT2D eigenvalue weighted by Crippen LogP contribution is 2.60. The van der Waals surface area contributed by atoms with E-state index in [2.05, 4.69) is 211 Å². The molecule has 1 aliphatic rings. The molecule has 0 saturated heterocycles. The highest BCUT2D eigenvalue weighted by atomic mass is 32.1. The number of benzene rings is 7. The monoisotopic (exact) mass is 765 g/mol. The fourth-order valence-corrected chi connectivity index (χ4v) is 24.6. The van der Waals surface area contributed by atoms with E-state index in [1.165, 1.54) is 75.8 Å². The molecule has 0 bridgehead atoms. The van der Waals surface area contributed by atoms with Crippen molar-refractivity contribution in [1.82, 2.24) is 0 Å². The summed E-state index contributed by atoms with van der Waals surface area (Å²) in [4.78, 5) is 2.47. The summed E-state index contributed by atoms with van der Waals surface area (Å²) >= 11 is 1.90. The number of fused-ring (bicyclic) bond motifs is 8. The van der Waals surface area contributed by atoms with Crippen molar-refractivity contribution >= 4 is 75.5 Å². The quantitative estimate of drug-likeness (QED) is 0.152. The zero-order chi connectivity index (χ0) is 38.5. The lowest BCUT2D eigenvalue weighted by Gasteiger charge is -2.51. The van der Waals surface area contributed by atoms with Crippen molar-refractivity contribution in [3.63, 3.8) is 0 Å². The minimum atomic E-state index is -1.89. The Hall–Kier alpha value is -4.75. The molecule has 0 aliphatic heterocycles. The third kappa shape index (κ3) is 5.51. The molecule has 0 unspecified atom stereocenters. The summed E-state index contributed by atoms with van der Waals surface area (Å²) in [5, 5.41) is 5.41. The largest absolute Gasteiger partial charge is 0.310 e. The summed E-state index contributed by atoms with van der Waals surface area (Å²) < 4.78 is 2.73. The van der Waals surface area contributed by atoms with Crippen molar-refractivity contribution in [3.05, 3.63) is 162 Å². The van der Waals surface area contributed by atoms with Gasteiger partial charge in [0.25, 0.3) is 0 Å². The summed E-state index contributed by atoms with van der Waals surface area (Å²) in [5.74, 6) is 0. The second-order valence-corrected chi connectivity index (χ2v) is 30.7. The number of thiophene rings is 1. The van der Waals surface area contributed by atoms with Gasteiger partial charge in [-0.2, -0.15) is 0 Å². The SMILES string of the molecule is CC(C)(C)c1ccc2c3c(ccc2c1)C([Si](C)(C)C)([Si](C)(C)C)c1cc(N(c2ccccc2)c2ccc(-c4cccc5c4sc4ccccc45)cc2)ccc1-3. The Kier molecular flexibility index (Phi) is 8.26. The molecule has 1 nitrogen and oxygen atoms in total. The first-order valence-electron chi connectivity index (χ1n) is 19.8. The summed E-state index contributed by atoms with van der Waals surface area (Å²) in [6.45, 7) is 22.7. The van der Waals surface area contributed by atoms with Crippen molar-refractivity contribution in [3.8, 4) is 22.3 Å². The van der Waals surface area contributed by atoms with Crippen LogP contribution in [-0.2, 0) is 10.1 Å². The fraction of sp³-hybridized carbons (Fsp3) is 0.216. The van der Waals surface area contributed by atoms with Crippen LogP contribution < -0.4 is 4.90 Å². The van der Waals surface area contributed by atoms with Crippen LogP contribution in [0.2, 0.25) is 39.3 Å². The molecule has 0 radical (unpaired) electrons. The first kappa shape index (κ1) is 35.9. The number of hydrogen-bond donors (Lipinski definition) is 0. The van der Waals surface area contributed by atoms with Crippen molar-refractivity contribution in [1.29, 1.82) is 0 Å². The topological polar surface area (TPSA) is 3.24 Å². The van der Waals surface area contributed by atoms with Crippen LogP contribution in [0, 0.1) is 0 Å². The number of nitrogens with zero attached hydrogens (tertiary/aromatic N) is 1. The van der Waals surface area contributed by atoms with Crippen LogP contribution in [0.3, 0.4) is 0 Å². The Morgan fingerprint density at radius 1 is 0.509 bits per heavy atom. The average molecular weight is 766 g/mol. The molecule has 0 amide bonds. The van der Waals surface area contributed by atoms with Gasteiger partial charge in [0.15, 0.2) is 0 Å². The van der Waals surface area contributed by atoms with Gasteiger partial charge in [-0.3, -0.25) is 0 Å². The van der Waals surface area contributed by atoms with Crippen molar-refractivity contribution < 1.29 is 0 Å². The molecule has 9 rings (SSSR count). The van der Waals surface area contributed by atoms with Gasteiger partial charge < -0.3 is 4.90 Å². The van der Waals surface area contributed by atoms with E-state index in [0.29, 0.717) is 0 Å². The van der Waals surface area contributed by atoms with Crippen LogP contribution in [0.15, 0.2) is 146 Å². The summed E-state index contributed by atoms with van der Waals surface area (Å²) in [6, 6.07) is 55.4. The van der Waals surface area contributed by atoms with Gasteiger partial charge in [0.05, 0.1) is 16.1 Å². The maximum atomic E-state index is 2.62. The maximum absolute atomic E-state index is 2.62. The number of rotatable bonds is 6.